The lowest BCUT2D eigenvalue weighted by Crippen LogP contribution is -2.39. The third-order valence-electron chi connectivity index (χ3n) is 4.00. The van der Waals surface area contributed by atoms with Crippen LogP contribution in [0.25, 0.3) is 0 Å². The predicted molar refractivity (Wildman–Crippen MR) is 85.9 cm³/mol. The van der Waals surface area contributed by atoms with E-state index in [0.717, 1.165) is 12.8 Å². The monoisotopic (exact) mass is 273 g/mol. The molecular weight excluding hydrogens is 246 g/mol. The molecule has 3 N–H and O–H groups in total. The molecule has 1 aliphatic rings. The number of hydrogen-bond donors (Lipinski definition) is 2. The highest BCUT2D eigenvalue weighted by atomic mass is 15.1. The van der Waals surface area contributed by atoms with Crippen LogP contribution in [0.2, 0.25) is 0 Å². The number of aryl methyl sites for hydroxylation is 1. The lowest BCUT2D eigenvalue weighted by molar-refractivity contribution is 0.441. The predicted octanol–water partition coefficient (Wildman–Crippen LogP) is 3.24. The first kappa shape index (κ1) is 14.9. The Labute approximate surface area is 122 Å². The summed E-state index contributed by atoms with van der Waals surface area (Å²) in [5, 5.41) is 3.33. The molecule has 1 saturated carbocycles. The molecule has 1 fully saturated rings. The largest absolute Gasteiger partial charge is 0.370 e. The van der Waals surface area contributed by atoms with Crippen LogP contribution in [0.5, 0.6) is 0 Å². The zero-order valence-corrected chi connectivity index (χ0v) is 12.5. The zero-order chi connectivity index (χ0) is 14.2. The van der Waals surface area contributed by atoms with E-state index in [1.54, 1.807) is 0 Å². The average Bonchev–Trinajstić information content (AvgIpc) is 2.47. The molecule has 20 heavy (non-hydrogen) atoms. The van der Waals surface area contributed by atoms with Crippen LogP contribution < -0.4 is 11.1 Å². The van der Waals surface area contributed by atoms with E-state index >= 15 is 0 Å². The second-order valence-corrected chi connectivity index (χ2v) is 5.88. The Morgan fingerprint density at radius 2 is 1.95 bits per heavy atom. The summed E-state index contributed by atoms with van der Waals surface area (Å²) in [6.07, 6.45) is 8.49. The number of nitrogens with two attached hydrogens (primary N) is 1. The van der Waals surface area contributed by atoms with Crippen molar-refractivity contribution in [2.24, 2.45) is 10.7 Å². The van der Waals surface area contributed by atoms with Gasteiger partial charge in [-0.2, -0.15) is 0 Å². The van der Waals surface area contributed by atoms with Crippen molar-refractivity contribution in [2.45, 2.75) is 64.0 Å². The van der Waals surface area contributed by atoms with Crippen molar-refractivity contribution in [1.82, 2.24) is 5.32 Å². The summed E-state index contributed by atoms with van der Waals surface area (Å²) < 4.78 is 0. The van der Waals surface area contributed by atoms with Crippen molar-refractivity contribution in [3.05, 3.63) is 35.9 Å². The Hall–Kier alpha value is -1.51. The van der Waals surface area contributed by atoms with Crippen LogP contribution in [0.4, 0.5) is 0 Å². The van der Waals surface area contributed by atoms with Gasteiger partial charge in [0, 0.05) is 6.04 Å². The fourth-order valence-corrected chi connectivity index (χ4v) is 2.80. The normalized spacial score (nSPS) is 18.8. The summed E-state index contributed by atoms with van der Waals surface area (Å²) >= 11 is 0. The summed E-state index contributed by atoms with van der Waals surface area (Å²) in [5.74, 6) is 0.623. The van der Waals surface area contributed by atoms with Gasteiger partial charge < -0.3 is 11.1 Å². The smallest absolute Gasteiger partial charge is 0.189 e. The molecule has 1 atom stereocenters. The number of benzene rings is 1. The van der Waals surface area contributed by atoms with Gasteiger partial charge >= 0.3 is 0 Å². The van der Waals surface area contributed by atoms with E-state index < -0.39 is 0 Å². The first-order valence-electron chi connectivity index (χ1n) is 7.88. The van der Waals surface area contributed by atoms with Gasteiger partial charge in [0.25, 0.3) is 0 Å². The molecule has 0 bridgehead atoms. The first-order valence-corrected chi connectivity index (χ1v) is 7.88. The van der Waals surface area contributed by atoms with E-state index in [1.165, 1.54) is 37.7 Å². The fourth-order valence-electron chi connectivity index (χ4n) is 2.80. The van der Waals surface area contributed by atoms with Crippen molar-refractivity contribution in [3.63, 3.8) is 0 Å². The van der Waals surface area contributed by atoms with Gasteiger partial charge in [-0.15, -0.1) is 0 Å². The van der Waals surface area contributed by atoms with Crippen LogP contribution in [0.15, 0.2) is 35.3 Å². The fraction of sp³-hybridized carbons (Fsp3) is 0.588. The van der Waals surface area contributed by atoms with E-state index in [-0.39, 0.29) is 0 Å². The van der Waals surface area contributed by atoms with Gasteiger partial charge in [0.15, 0.2) is 5.96 Å². The van der Waals surface area contributed by atoms with E-state index in [2.05, 4.69) is 47.6 Å². The van der Waals surface area contributed by atoms with Gasteiger partial charge in [0.1, 0.15) is 0 Å². The molecule has 1 aromatic rings. The van der Waals surface area contributed by atoms with Crippen molar-refractivity contribution in [2.75, 3.05) is 0 Å². The van der Waals surface area contributed by atoms with E-state index in [9.17, 15) is 0 Å². The van der Waals surface area contributed by atoms with Crippen LogP contribution in [-0.2, 0) is 6.42 Å². The molecule has 0 aromatic heterocycles. The molecule has 2 rings (SSSR count). The Morgan fingerprint density at radius 3 is 2.65 bits per heavy atom. The van der Waals surface area contributed by atoms with Gasteiger partial charge in [-0.05, 0) is 38.2 Å². The van der Waals surface area contributed by atoms with Gasteiger partial charge in [-0.25, -0.2) is 0 Å². The average molecular weight is 273 g/mol. The molecule has 3 heteroatoms. The summed E-state index contributed by atoms with van der Waals surface area (Å²) in [6, 6.07) is 11.4. The standard InChI is InChI=1S/C17H27N3/c1-14(12-13-15-8-4-2-5-9-15)19-17(18)20-16-10-6-3-7-11-16/h2,4-5,8-9,14,16H,3,6-7,10-13H2,1H3,(H3,18,19,20). The zero-order valence-electron chi connectivity index (χ0n) is 12.5. The van der Waals surface area contributed by atoms with E-state index in [4.69, 9.17) is 5.73 Å². The number of nitrogens with one attached hydrogen (secondary N) is 1. The minimum absolute atomic E-state index is 0.363. The Balaban J connectivity index is 1.72. The third-order valence-corrected chi connectivity index (χ3v) is 4.00. The third kappa shape index (κ3) is 5.24. The topological polar surface area (TPSA) is 50.4 Å². The van der Waals surface area contributed by atoms with Crippen molar-refractivity contribution in [3.8, 4) is 0 Å². The van der Waals surface area contributed by atoms with Gasteiger partial charge in [0.05, 0.1) is 6.04 Å². The lowest BCUT2D eigenvalue weighted by atomic mass is 9.96. The van der Waals surface area contributed by atoms with Crippen molar-refractivity contribution in [1.29, 1.82) is 0 Å². The number of guanidine groups is 1. The second-order valence-electron chi connectivity index (χ2n) is 5.88. The number of hydrogen-bond acceptors (Lipinski definition) is 1. The minimum atomic E-state index is 0.363. The highest BCUT2D eigenvalue weighted by Crippen LogP contribution is 2.19. The molecule has 110 valence electrons. The minimum Gasteiger partial charge on any atom is -0.370 e. The molecule has 0 amide bonds. The maximum Gasteiger partial charge on any atom is 0.189 e. The Bertz CT molecular complexity index is 408. The van der Waals surface area contributed by atoms with Gasteiger partial charge in [0.2, 0.25) is 0 Å². The molecular formula is C17H27N3. The highest BCUT2D eigenvalue weighted by Gasteiger charge is 2.13. The Kier molecular flexibility index (Phi) is 5.90. The number of nitrogens with zero attached hydrogens (tertiary/aromatic N) is 1. The summed E-state index contributed by atoms with van der Waals surface area (Å²) in [7, 11) is 0. The van der Waals surface area contributed by atoms with Crippen LogP contribution in [0.3, 0.4) is 0 Å². The maximum atomic E-state index is 6.01. The lowest BCUT2D eigenvalue weighted by Gasteiger charge is -2.20. The molecule has 0 aliphatic heterocycles. The molecule has 1 unspecified atom stereocenters. The molecule has 0 spiro atoms. The quantitative estimate of drug-likeness (QED) is 0.639. The molecule has 1 aliphatic carbocycles. The highest BCUT2D eigenvalue weighted by molar-refractivity contribution is 5.78. The van der Waals surface area contributed by atoms with Gasteiger partial charge in [-0.1, -0.05) is 49.6 Å². The van der Waals surface area contributed by atoms with E-state index in [1.807, 2.05) is 0 Å². The molecule has 0 radical (unpaired) electrons. The van der Waals surface area contributed by atoms with Crippen LogP contribution in [0, 0.1) is 0 Å². The summed E-state index contributed by atoms with van der Waals surface area (Å²) in [5.41, 5.74) is 7.39. The maximum absolute atomic E-state index is 6.01. The van der Waals surface area contributed by atoms with Crippen molar-refractivity contribution < 1.29 is 0 Å². The molecule has 0 saturated heterocycles. The molecule has 1 aromatic carbocycles. The van der Waals surface area contributed by atoms with Crippen LogP contribution >= 0.6 is 0 Å². The summed E-state index contributed by atoms with van der Waals surface area (Å²) in [6.45, 7) is 2.17. The SMILES string of the molecule is CC(CCc1ccccc1)NC(N)=NC1CCCCC1. The summed E-state index contributed by atoms with van der Waals surface area (Å²) in [4.78, 5) is 4.61. The van der Waals surface area contributed by atoms with E-state index in [0.29, 0.717) is 18.0 Å². The second kappa shape index (κ2) is 7.93. The Morgan fingerprint density at radius 1 is 1.25 bits per heavy atom. The van der Waals surface area contributed by atoms with Crippen molar-refractivity contribution >= 4 is 5.96 Å². The van der Waals surface area contributed by atoms with Crippen LogP contribution in [0.1, 0.15) is 51.0 Å². The molecule has 0 heterocycles. The van der Waals surface area contributed by atoms with Gasteiger partial charge in [-0.3, -0.25) is 4.99 Å². The number of rotatable bonds is 5. The number of aliphatic imine (C=N–C) groups is 1. The van der Waals surface area contributed by atoms with Crippen LogP contribution in [-0.4, -0.2) is 18.0 Å². The first-order chi connectivity index (χ1) is 9.74. The molecule has 3 nitrogen and oxygen atoms in total.